The molecule has 3 nitrogen and oxygen atoms in total. The van der Waals surface area contributed by atoms with Gasteiger partial charge in [0, 0.05) is 5.56 Å². The highest BCUT2D eigenvalue weighted by Gasteiger charge is 2.16. The zero-order chi connectivity index (χ0) is 15.2. The van der Waals surface area contributed by atoms with Crippen LogP contribution >= 0.6 is 0 Å². The molecule has 0 fully saturated rings. The molecule has 0 aliphatic rings. The third kappa shape index (κ3) is 3.43. The molecule has 0 amide bonds. The van der Waals surface area contributed by atoms with E-state index >= 15 is 0 Å². The number of carbonyl (C=O) groups is 1. The number of benzene rings is 2. The van der Waals surface area contributed by atoms with Crippen LogP contribution in [0.15, 0.2) is 42.5 Å². The summed E-state index contributed by atoms with van der Waals surface area (Å²) in [6.07, 6.45) is 2.02. The van der Waals surface area contributed by atoms with Crippen molar-refractivity contribution < 1.29 is 14.3 Å². The van der Waals surface area contributed by atoms with E-state index in [4.69, 9.17) is 9.47 Å². The molecule has 21 heavy (non-hydrogen) atoms. The Morgan fingerprint density at radius 3 is 2.52 bits per heavy atom. The normalized spacial score (nSPS) is 10.2. The highest BCUT2D eigenvalue weighted by Crippen LogP contribution is 2.26. The van der Waals surface area contributed by atoms with Crippen LogP contribution in [0.2, 0.25) is 0 Å². The van der Waals surface area contributed by atoms with Gasteiger partial charge < -0.3 is 9.47 Å². The van der Waals surface area contributed by atoms with Crippen LogP contribution in [0.25, 0.3) is 0 Å². The maximum atomic E-state index is 12.7. The lowest BCUT2D eigenvalue weighted by molar-refractivity contribution is 0.103. The van der Waals surface area contributed by atoms with Gasteiger partial charge in [0.25, 0.3) is 0 Å². The summed E-state index contributed by atoms with van der Waals surface area (Å²) in [5, 5.41) is 0. The quantitative estimate of drug-likeness (QED) is 0.755. The van der Waals surface area contributed by atoms with Gasteiger partial charge in [-0.2, -0.15) is 0 Å². The standard InChI is InChI=1S/C18H20O3/c1-4-6-13-7-5-8-14(11-13)18(19)16-12-15(20-2)9-10-17(16)21-3/h5,7-12H,4,6H2,1-3H3. The molecule has 0 spiro atoms. The molecule has 0 heterocycles. The molecule has 0 aliphatic carbocycles. The van der Waals surface area contributed by atoms with Gasteiger partial charge >= 0.3 is 0 Å². The summed E-state index contributed by atoms with van der Waals surface area (Å²) in [6.45, 7) is 2.12. The van der Waals surface area contributed by atoms with E-state index in [0.717, 1.165) is 12.8 Å². The summed E-state index contributed by atoms with van der Waals surface area (Å²) in [5.74, 6) is 1.15. The molecule has 0 unspecified atom stereocenters. The van der Waals surface area contributed by atoms with Crippen molar-refractivity contribution in [2.45, 2.75) is 19.8 Å². The van der Waals surface area contributed by atoms with E-state index in [1.165, 1.54) is 5.56 Å². The van der Waals surface area contributed by atoms with Crippen LogP contribution in [-0.2, 0) is 6.42 Å². The fourth-order valence-electron chi connectivity index (χ4n) is 2.30. The van der Waals surface area contributed by atoms with Crippen molar-refractivity contribution in [1.82, 2.24) is 0 Å². The lowest BCUT2D eigenvalue weighted by Gasteiger charge is -2.10. The Labute approximate surface area is 125 Å². The molecule has 0 N–H and O–H groups in total. The van der Waals surface area contributed by atoms with Crippen molar-refractivity contribution >= 4 is 5.78 Å². The molecular formula is C18H20O3. The number of hydrogen-bond acceptors (Lipinski definition) is 3. The zero-order valence-corrected chi connectivity index (χ0v) is 12.7. The molecule has 2 aromatic carbocycles. The topological polar surface area (TPSA) is 35.5 Å². The fraction of sp³-hybridized carbons (Fsp3) is 0.278. The number of carbonyl (C=O) groups excluding carboxylic acids is 1. The van der Waals surface area contributed by atoms with Crippen LogP contribution in [0.1, 0.15) is 34.8 Å². The van der Waals surface area contributed by atoms with Gasteiger partial charge in [-0.15, -0.1) is 0 Å². The van der Waals surface area contributed by atoms with Crippen LogP contribution in [0, 0.1) is 0 Å². The lowest BCUT2D eigenvalue weighted by atomic mass is 9.99. The van der Waals surface area contributed by atoms with Gasteiger partial charge in [0.15, 0.2) is 5.78 Å². The smallest absolute Gasteiger partial charge is 0.196 e. The Kier molecular flexibility index (Phi) is 4.99. The molecule has 2 aromatic rings. The van der Waals surface area contributed by atoms with Crippen LogP contribution in [-0.4, -0.2) is 20.0 Å². The molecule has 0 aliphatic heterocycles. The van der Waals surface area contributed by atoms with Crippen molar-refractivity contribution in [2.75, 3.05) is 14.2 Å². The van der Waals surface area contributed by atoms with E-state index in [0.29, 0.717) is 22.6 Å². The maximum absolute atomic E-state index is 12.7. The Bertz CT molecular complexity index is 632. The third-order valence-electron chi connectivity index (χ3n) is 3.38. The van der Waals surface area contributed by atoms with Crippen LogP contribution < -0.4 is 9.47 Å². The molecule has 0 saturated carbocycles. The van der Waals surface area contributed by atoms with Crippen molar-refractivity contribution in [1.29, 1.82) is 0 Å². The molecule has 3 heteroatoms. The van der Waals surface area contributed by atoms with Crippen molar-refractivity contribution in [3.05, 3.63) is 59.2 Å². The summed E-state index contributed by atoms with van der Waals surface area (Å²) in [4.78, 5) is 12.7. The second-order valence-corrected chi connectivity index (χ2v) is 4.85. The maximum Gasteiger partial charge on any atom is 0.196 e. The Balaban J connectivity index is 2.41. The van der Waals surface area contributed by atoms with E-state index in [1.54, 1.807) is 32.4 Å². The monoisotopic (exact) mass is 284 g/mol. The Morgan fingerprint density at radius 1 is 1.05 bits per heavy atom. The second-order valence-electron chi connectivity index (χ2n) is 4.85. The van der Waals surface area contributed by atoms with Gasteiger partial charge in [-0.05, 0) is 36.2 Å². The average Bonchev–Trinajstić information content (AvgIpc) is 2.54. The minimum absolute atomic E-state index is 0.0521. The van der Waals surface area contributed by atoms with Gasteiger partial charge in [-0.3, -0.25) is 4.79 Å². The summed E-state index contributed by atoms with van der Waals surface area (Å²) >= 11 is 0. The van der Waals surface area contributed by atoms with Gasteiger partial charge in [0.1, 0.15) is 11.5 Å². The van der Waals surface area contributed by atoms with E-state index < -0.39 is 0 Å². The number of hydrogen-bond donors (Lipinski definition) is 0. The first kappa shape index (κ1) is 15.1. The van der Waals surface area contributed by atoms with Crippen LogP contribution in [0.3, 0.4) is 0 Å². The molecule has 0 radical (unpaired) electrons. The number of methoxy groups -OCH3 is 2. The first-order chi connectivity index (χ1) is 10.2. The van der Waals surface area contributed by atoms with Crippen molar-refractivity contribution in [2.24, 2.45) is 0 Å². The zero-order valence-electron chi connectivity index (χ0n) is 12.7. The summed E-state index contributed by atoms with van der Waals surface area (Å²) in [7, 11) is 3.14. The molecule has 2 rings (SSSR count). The summed E-state index contributed by atoms with van der Waals surface area (Å²) in [5.41, 5.74) is 2.36. The minimum Gasteiger partial charge on any atom is -0.497 e. The van der Waals surface area contributed by atoms with Gasteiger partial charge in [-0.1, -0.05) is 31.5 Å². The summed E-state index contributed by atoms with van der Waals surface area (Å²) < 4.78 is 10.5. The molecule has 0 saturated heterocycles. The molecule has 0 aromatic heterocycles. The molecular weight excluding hydrogens is 264 g/mol. The van der Waals surface area contributed by atoms with E-state index in [-0.39, 0.29) is 5.78 Å². The second kappa shape index (κ2) is 6.93. The predicted octanol–water partition coefficient (Wildman–Crippen LogP) is 3.89. The molecule has 0 bridgehead atoms. The van der Waals surface area contributed by atoms with Gasteiger partial charge in [-0.25, -0.2) is 0 Å². The van der Waals surface area contributed by atoms with Gasteiger partial charge in [0.2, 0.25) is 0 Å². The fourth-order valence-corrected chi connectivity index (χ4v) is 2.30. The van der Waals surface area contributed by atoms with Gasteiger partial charge in [0.05, 0.1) is 19.8 Å². The SMILES string of the molecule is CCCc1cccc(C(=O)c2cc(OC)ccc2OC)c1. The van der Waals surface area contributed by atoms with E-state index in [9.17, 15) is 4.79 Å². The summed E-state index contributed by atoms with van der Waals surface area (Å²) in [6, 6.07) is 13.0. The number of ether oxygens (including phenoxy) is 2. The molecule has 0 atom stereocenters. The highest BCUT2D eigenvalue weighted by atomic mass is 16.5. The Hall–Kier alpha value is -2.29. The predicted molar refractivity (Wildman–Crippen MR) is 83.4 cm³/mol. The van der Waals surface area contributed by atoms with Crippen LogP contribution in [0.5, 0.6) is 11.5 Å². The van der Waals surface area contributed by atoms with Crippen LogP contribution in [0.4, 0.5) is 0 Å². The first-order valence-electron chi connectivity index (χ1n) is 7.05. The lowest BCUT2D eigenvalue weighted by Crippen LogP contribution is -2.05. The third-order valence-corrected chi connectivity index (χ3v) is 3.38. The number of aryl methyl sites for hydroxylation is 1. The first-order valence-corrected chi connectivity index (χ1v) is 7.05. The minimum atomic E-state index is -0.0521. The van der Waals surface area contributed by atoms with E-state index in [1.807, 2.05) is 24.3 Å². The average molecular weight is 284 g/mol. The largest absolute Gasteiger partial charge is 0.497 e. The Morgan fingerprint density at radius 2 is 1.86 bits per heavy atom. The van der Waals surface area contributed by atoms with E-state index in [2.05, 4.69) is 6.92 Å². The van der Waals surface area contributed by atoms with Crippen molar-refractivity contribution in [3.8, 4) is 11.5 Å². The number of ketones is 1. The van der Waals surface area contributed by atoms with Crippen molar-refractivity contribution in [3.63, 3.8) is 0 Å². The number of rotatable bonds is 6. The highest BCUT2D eigenvalue weighted by molar-refractivity contribution is 6.11. The molecule has 110 valence electrons.